The number of nitrogens with zero attached hydrogens (tertiary/aromatic N) is 1. The molecule has 1 atom stereocenters. The van der Waals surface area contributed by atoms with Crippen LogP contribution in [0.3, 0.4) is 0 Å². The summed E-state index contributed by atoms with van der Waals surface area (Å²) >= 11 is 0. The fourth-order valence-corrected chi connectivity index (χ4v) is 6.31. The molecule has 59 heavy (non-hydrogen) atoms. The highest BCUT2D eigenvalue weighted by Crippen LogP contribution is 2.14. The molecule has 0 aliphatic heterocycles. The van der Waals surface area contributed by atoms with Crippen molar-refractivity contribution >= 4 is 18.1 Å². The summed E-state index contributed by atoms with van der Waals surface area (Å²) in [5.41, 5.74) is 0. The van der Waals surface area contributed by atoms with Gasteiger partial charge in [0, 0.05) is 32.6 Å². The summed E-state index contributed by atoms with van der Waals surface area (Å²) in [4.78, 5) is 40.0. The molecule has 0 N–H and O–H groups in total. The number of hydrogen-bond donors (Lipinski definition) is 0. The van der Waals surface area contributed by atoms with E-state index in [2.05, 4.69) is 56.9 Å². The molecule has 10 nitrogen and oxygen atoms in total. The van der Waals surface area contributed by atoms with Crippen molar-refractivity contribution in [3.8, 4) is 0 Å². The van der Waals surface area contributed by atoms with Gasteiger partial charge in [-0.3, -0.25) is 9.59 Å². The zero-order chi connectivity index (χ0) is 43.3. The van der Waals surface area contributed by atoms with Gasteiger partial charge in [-0.05, 0) is 71.4 Å². The zero-order valence-corrected chi connectivity index (χ0v) is 38.8. The van der Waals surface area contributed by atoms with E-state index in [0.29, 0.717) is 32.5 Å². The van der Waals surface area contributed by atoms with Crippen molar-refractivity contribution in [3.05, 3.63) is 24.3 Å². The first-order valence-electron chi connectivity index (χ1n) is 24.2. The summed E-state index contributed by atoms with van der Waals surface area (Å²) < 4.78 is 34.0. The molecule has 1 unspecified atom stereocenters. The van der Waals surface area contributed by atoms with Crippen molar-refractivity contribution in [1.82, 2.24) is 4.90 Å². The van der Waals surface area contributed by atoms with E-state index in [-0.39, 0.29) is 38.8 Å². The van der Waals surface area contributed by atoms with Gasteiger partial charge in [-0.15, -0.1) is 0 Å². The third-order valence-corrected chi connectivity index (χ3v) is 10.4. The summed E-state index contributed by atoms with van der Waals surface area (Å²) in [7, 11) is 2.01. The molecule has 0 fully saturated rings. The molecule has 0 aromatic carbocycles. The van der Waals surface area contributed by atoms with Crippen molar-refractivity contribution in [2.75, 3.05) is 59.8 Å². The largest absolute Gasteiger partial charge is 0.508 e. The zero-order valence-electron chi connectivity index (χ0n) is 38.8. The van der Waals surface area contributed by atoms with Crippen LogP contribution in [0, 0.1) is 5.92 Å². The van der Waals surface area contributed by atoms with Gasteiger partial charge in [0.1, 0.15) is 19.8 Å². The van der Waals surface area contributed by atoms with E-state index in [9.17, 15) is 14.4 Å². The Morgan fingerprint density at radius 2 is 0.966 bits per heavy atom. The number of allylic oxidation sites excluding steroid dienone is 4. The lowest BCUT2D eigenvalue weighted by atomic mass is 10.1. The summed E-state index contributed by atoms with van der Waals surface area (Å²) in [5, 5.41) is 0. The Hall–Kier alpha value is -2.43. The van der Waals surface area contributed by atoms with E-state index >= 15 is 0 Å². The van der Waals surface area contributed by atoms with Crippen molar-refractivity contribution in [2.45, 2.75) is 207 Å². The third-order valence-electron chi connectivity index (χ3n) is 10.4. The van der Waals surface area contributed by atoms with Crippen molar-refractivity contribution in [2.24, 2.45) is 5.92 Å². The fourth-order valence-electron chi connectivity index (χ4n) is 6.31. The highest BCUT2D eigenvalue weighted by molar-refractivity contribution is 5.69. The Morgan fingerprint density at radius 3 is 1.54 bits per heavy atom. The summed E-state index contributed by atoms with van der Waals surface area (Å²) in [6.45, 7) is 11.7. The molecule has 0 aromatic heterocycles. The van der Waals surface area contributed by atoms with E-state index in [0.717, 1.165) is 83.7 Å². The van der Waals surface area contributed by atoms with E-state index in [1.54, 1.807) is 0 Å². The van der Waals surface area contributed by atoms with Crippen LogP contribution in [0.2, 0.25) is 0 Å². The lowest BCUT2D eigenvalue weighted by Gasteiger charge is -2.20. The third kappa shape index (κ3) is 42.1. The normalized spacial score (nSPS) is 12.3. The number of unbranched alkanes of at least 4 members (excludes halogenated alkanes) is 18. The monoisotopic (exact) mass is 838 g/mol. The molecular formula is C49H91NO9. The first-order chi connectivity index (χ1) is 28.9. The molecule has 0 saturated carbocycles. The van der Waals surface area contributed by atoms with Gasteiger partial charge in [-0.25, -0.2) is 4.79 Å². The number of carbonyl (C=O) groups is 3. The van der Waals surface area contributed by atoms with Crippen LogP contribution in [-0.4, -0.2) is 89.1 Å². The first kappa shape index (κ1) is 56.6. The van der Waals surface area contributed by atoms with Gasteiger partial charge in [0.25, 0.3) is 0 Å². The van der Waals surface area contributed by atoms with E-state index < -0.39 is 24.3 Å². The van der Waals surface area contributed by atoms with Crippen LogP contribution < -0.4 is 0 Å². The number of carbonyl (C=O) groups excluding carboxylic acids is 3. The van der Waals surface area contributed by atoms with Crippen LogP contribution in [0.5, 0.6) is 0 Å². The summed E-state index contributed by atoms with van der Waals surface area (Å²) in [5.74, 6) is -1.22. The minimum Gasteiger partial charge on any atom is -0.465 e. The number of ether oxygens (including phenoxy) is 6. The molecule has 346 valence electrons. The van der Waals surface area contributed by atoms with Gasteiger partial charge in [0.15, 0.2) is 6.29 Å². The second-order valence-electron chi connectivity index (χ2n) is 16.1. The first-order valence-corrected chi connectivity index (χ1v) is 24.2. The fraction of sp³-hybridized carbons (Fsp3) is 0.857. The van der Waals surface area contributed by atoms with Gasteiger partial charge in [0.2, 0.25) is 0 Å². The van der Waals surface area contributed by atoms with Crippen LogP contribution >= 0.6 is 0 Å². The Bertz CT molecular complexity index is 986. The highest BCUT2D eigenvalue weighted by atomic mass is 16.7. The van der Waals surface area contributed by atoms with Crippen molar-refractivity contribution in [1.29, 1.82) is 0 Å². The molecule has 0 radical (unpaired) electrons. The molecule has 0 saturated heterocycles. The summed E-state index contributed by atoms with van der Waals surface area (Å²) in [6, 6.07) is 0. The number of esters is 2. The summed E-state index contributed by atoms with van der Waals surface area (Å²) in [6.07, 6.45) is 35.7. The van der Waals surface area contributed by atoms with E-state index in [1.807, 2.05) is 7.05 Å². The minimum atomic E-state index is -0.787. The van der Waals surface area contributed by atoms with E-state index in [1.165, 1.54) is 77.0 Å². The van der Waals surface area contributed by atoms with Crippen LogP contribution in [-0.2, 0) is 38.0 Å². The molecule has 0 heterocycles. The molecule has 0 spiro atoms. The highest BCUT2D eigenvalue weighted by Gasteiger charge is 2.20. The molecule has 0 rings (SSSR count). The Balaban J connectivity index is 4.80. The predicted molar refractivity (Wildman–Crippen MR) is 242 cm³/mol. The Morgan fingerprint density at radius 1 is 0.492 bits per heavy atom. The van der Waals surface area contributed by atoms with Gasteiger partial charge < -0.3 is 33.3 Å². The topological polar surface area (TPSA) is 110 Å². The lowest BCUT2D eigenvalue weighted by Crippen LogP contribution is -2.27. The predicted octanol–water partition coefficient (Wildman–Crippen LogP) is 12.9. The maximum absolute atomic E-state index is 12.9. The minimum absolute atomic E-state index is 0.0215. The van der Waals surface area contributed by atoms with Gasteiger partial charge in [-0.1, -0.05) is 148 Å². The van der Waals surface area contributed by atoms with Gasteiger partial charge >= 0.3 is 18.1 Å². The van der Waals surface area contributed by atoms with Crippen LogP contribution in [0.1, 0.15) is 201 Å². The number of hydrogen-bond acceptors (Lipinski definition) is 10. The average molecular weight is 838 g/mol. The second-order valence-corrected chi connectivity index (χ2v) is 16.1. The van der Waals surface area contributed by atoms with Crippen LogP contribution in [0.4, 0.5) is 4.79 Å². The molecule has 10 heteroatoms. The second kappa shape index (κ2) is 45.1. The lowest BCUT2D eigenvalue weighted by molar-refractivity contribution is -0.161. The SMILES string of the molecule is CCCCC/C=C\C/C=C\CCCCCCCC(=O)OCC(COC(=O)CCC(OCCCCCCCC)OCCCCCCCC)COC(=O)OCCCN(C)CC. The molecule has 0 amide bonds. The quantitative estimate of drug-likeness (QED) is 0.0193. The maximum atomic E-state index is 12.9. The van der Waals surface area contributed by atoms with E-state index in [4.69, 9.17) is 28.4 Å². The van der Waals surface area contributed by atoms with Crippen LogP contribution in [0.15, 0.2) is 24.3 Å². The Kier molecular flexibility index (Phi) is 43.2. The molecule has 0 aliphatic rings. The average Bonchev–Trinajstić information content (AvgIpc) is 3.24. The van der Waals surface area contributed by atoms with Crippen molar-refractivity contribution in [3.63, 3.8) is 0 Å². The molecule has 0 aliphatic carbocycles. The molecule has 0 aromatic rings. The van der Waals surface area contributed by atoms with Gasteiger partial charge in [-0.2, -0.15) is 0 Å². The molecular weight excluding hydrogens is 747 g/mol. The Labute approximate surface area is 362 Å². The maximum Gasteiger partial charge on any atom is 0.508 e. The smallest absolute Gasteiger partial charge is 0.465 e. The van der Waals surface area contributed by atoms with Crippen molar-refractivity contribution < 1.29 is 42.8 Å². The molecule has 0 bridgehead atoms. The number of rotatable bonds is 44. The standard InChI is InChI=1S/C49H91NO9/c1-6-10-13-16-19-20-21-22-23-24-25-26-27-28-31-35-46(51)57-42-45(44-59-49(53)56-41-34-38-50(5)9-4)43-58-47(52)36-37-48(54-39-32-29-17-14-11-7-2)55-40-33-30-18-15-12-8-3/h19-20,22-23,45,48H,6-18,21,24-44H2,1-5H3/b20-19-,23-22-. The van der Waals surface area contributed by atoms with Gasteiger partial charge in [0.05, 0.1) is 18.9 Å². The van der Waals surface area contributed by atoms with Crippen LogP contribution in [0.25, 0.3) is 0 Å².